The molecule has 0 aliphatic carbocycles. The molecule has 146 valence electrons. The van der Waals surface area contributed by atoms with Gasteiger partial charge in [-0.1, -0.05) is 11.6 Å². The van der Waals surface area contributed by atoms with E-state index in [1.165, 1.54) is 18.1 Å². The summed E-state index contributed by atoms with van der Waals surface area (Å²) >= 11 is 5.94. The van der Waals surface area contributed by atoms with E-state index >= 15 is 0 Å². The van der Waals surface area contributed by atoms with E-state index in [-0.39, 0.29) is 11.7 Å². The summed E-state index contributed by atoms with van der Waals surface area (Å²) in [6, 6.07) is 8.06. The summed E-state index contributed by atoms with van der Waals surface area (Å²) < 4.78 is 10.9. The van der Waals surface area contributed by atoms with E-state index in [9.17, 15) is 14.4 Å². The van der Waals surface area contributed by atoms with Gasteiger partial charge in [0.15, 0.2) is 5.76 Å². The lowest BCUT2D eigenvalue weighted by Crippen LogP contribution is -2.62. The normalized spacial score (nSPS) is 21.6. The molecule has 0 spiro atoms. The van der Waals surface area contributed by atoms with Crippen LogP contribution in [-0.2, 0) is 9.59 Å². The molecule has 3 amide bonds. The number of fused-ring (bicyclic) bond motifs is 1. The van der Waals surface area contributed by atoms with Crippen LogP contribution < -0.4 is 10.1 Å². The molecule has 28 heavy (non-hydrogen) atoms. The van der Waals surface area contributed by atoms with Crippen LogP contribution in [0.25, 0.3) is 0 Å². The number of benzene rings is 1. The predicted octanol–water partition coefficient (Wildman–Crippen LogP) is 2.01. The summed E-state index contributed by atoms with van der Waals surface area (Å²) in [6.45, 7) is 2.73. The Labute approximate surface area is 166 Å². The minimum Gasteiger partial charge on any atom is -0.466 e. The molecule has 2 aromatic rings. The number of amides is 3. The Morgan fingerprint density at radius 1 is 1.14 bits per heavy atom. The molecule has 1 saturated heterocycles. The summed E-state index contributed by atoms with van der Waals surface area (Å²) in [6.07, 6.45) is 1.44. The number of ether oxygens (including phenoxy) is 1. The van der Waals surface area contributed by atoms with E-state index in [4.69, 9.17) is 20.8 Å². The Morgan fingerprint density at radius 3 is 2.54 bits per heavy atom. The number of hydrogen-bond donors (Lipinski definition) is 1. The van der Waals surface area contributed by atoms with Gasteiger partial charge in [-0.15, -0.1) is 0 Å². The highest BCUT2D eigenvalue weighted by Crippen LogP contribution is 2.36. The number of anilines is 1. The van der Waals surface area contributed by atoms with E-state index in [2.05, 4.69) is 5.32 Å². The maximum atomic E-state index is 13.1. The zero-order valence-corrected chi connectivity index (χ0v) is 15.9. The van der Waals surface area contributed by atoms with Crippen molar-refractivity contribution in [1.29, 1.82) is 0 Å². The lowest BCUT2D eigenvalue weighted by molar-refractivity contribution is -0.155. The Kier molecular flexibility index (Phi) is 4.50. The van der Waals surface area contributed by atoms with Gasteiger partial charge in [0, 0.05) is 31.2 Å². The number of hydrogen-bond acceptors (Lipinski definition) is 5. The highest BCUT2D eigenvalue weighted by Gasteiger charge is 2.49. The fraction of sp³-hybridized carbons (Fsp3) is 0.316. The van der Waals surface area contributed by atoms with Crippen molar-refractivity contribution in [3.8, 4) is 5.75 Å². The highest BCUT2D eigenvalue weighted by atomic mass is 35.5. The zero-order valence-electron chi connectivity index (χ0n) is 15.1. The van der Waals surface area contributed by atoms with Gasteiger partial charge in [-0.25, -0.2) is 0 Å². The average molecular weight is 404 g/mol. The van der Waals surface area contributed by atoms with Crippen LogP contribution in [0.3, 0.4) is 0 Å². The molecule has 8 nitrogen and oxygen atoms in total. The first-order valence-corrected chi connectivity index (χ1v) is 9.18. The standard InChI is InChI=1S/C19H18ClN3O5/c1-19(17(25)21-13-11-12(20)4-5-14(13)28-19)18(26)23-8-6-22(7-9-23)16(24)15-3-2-10-27-15/h2-5,10-11H,6-9H2,1H3,(H,21,25). The molecule has 1 aromatic carbocycles. The molecule has 3 heterocycles. The molecule has 1 aromatic heterocycles. The second kappa shape index (κ2) is 6.87. The first kappa shape index (κ1) is 18.4. The Morgan fingerprint density at radius 2 is 1.86 bits per heavy atom. The maximum Gasteiger partial charge on any atom is 0.289 e. The van der Waals surface area contributed by atoms with Gasteiger partial charge in [0.2, 0.25) is 0 Å². The van der Waals surface area contributed by atoms with Crippen molar-refractivity contribution < 1.29 is 23.5 Å². The Bertz CT molecular complexity index is 937. The molecule has 9 heteroatoms. The largest absolute Gasteiger partial charge is 0.466 e. The minimum absolute atomic E-state index is 0.222. The van der Waals surface area contributed by atoms with Crippen molar-refractivity contribution in [2.45, 2.75) is 12.5 Å². The van der Waals surface area contributed by atoms with Crippen LogP contribution in [0, 0.1) is 0 Å². The Balaban J connectivity index is 1.45. The monoisotopic (exact) mass is 403 g/mol. The summed E-state index contributed by atoms with van der Waals surface area (Å²) in [5.74, 6) is -0.582. The lowest BCUT2D eigenvalue weighted by Gasteiger charge is -2.40. The molecule has 1 atom stereocenters. The quantitative estimate of drug-likeness (QED) is 0.774. The molecular formula is C19H18ClN3O5. The fourth-order valence-electron chi connectivity index (χ4n) is 3.31. The van der Waals surface area contributed by atoms with Gasteiger partial charge in [0.1, 0.15) is 5.75 Å². The molecular weight excluding hydrogens is 386 g/mol. The highest BCUT2D eigenvalue weighted by molar-refractivity contribution is 6.31. The van der Waals surface area contributed by atoms with Crippen LogP contribution in [0.2, 0.25) is 5.02 Å². The maximum absolute atomic E-state index is 13.1. The topological polar surface area (TPSA) is 92.1 Å². The van der Waals surface area contributed by atoms with Crippen LogP contribution in [0.4, 0.5) is 5.69 Å². The van der Waals surface area contributed by atoms with Crippen molar-refractivity contribution in [1.82, 2.24) is 9.80 Å². The number of piperazine rings is 1. The van der Waals surface area contributed by atoms with Crippen LogP contribution in [0.1, 0.15) is 17.5 Å². The fourth-order valence-corrected chi connectivity index (χ4v) is 3.48. The average Bonchev–Trinajstić information content (AvgIpc) is 3.23. The molecule has 0 saturated carbocycles. The van der Waals surface area contributed by atoms with Gasteiger partial charge < -0.3 is 24.3 Å². The molecule has 0 radical (unpaired) electrons. The van der Waals surface area contributed by atoms with Crippen molar-refractivity contribution >= 4 is 35.0 Å². The SMILES string of the molecule is CC1(C(=O)N2CCN(C(=O)c3ccco3)CC2)Oc2ccc(Cl)cc2NC1=O. The zero-order chi connectivity index (χ0) is 19.9. The van der Waals surface area contributed by atoms with Gasteiger partial charge in [-0.05, 0) is 37.3 Å². The van der Waals surface area contributed by atoms with Crippen LogP contribution in [0.15, 0.2) is 41.0 Å². The lowest BCUT2D eigenvalue weighted by atomic mass is 10.00. The van der Waals surface area contributed by atoms with Crippen molar-refractivity contribution in [3.05, 3.63) is 47.4 Å². The summed E-state index contributed by atoms with van der Waals surface area (Å²) in [7, 11) is 0. The van der Waals surface area contributed by atoms with Gasteiger partial charge >= 0.3 is 0 Å². The van der Waals surface area contributed by atoms with Crippen molar-refractivity contribution in [2.24, 2.45) is 0 Å². The van der Waals surface area contributed by atoms with Gasteiger partial charge in [0.05, 0.1) is 12.0 Å². The van der Waals surface area contributed by atoms with E-state index < -0.39 is 17.4 Å². The van der Waals surface area contributed by atoms with Crippen molar-refractivity contribution in [3.63, 3.8) is 0 Å². The van der Waals surface area contributed by atoms with Gasteiger partial charge in [-0.3, -0.25) is 14.4 Å². The van der Waals surface area contributed by atoms with E-state index in [1.54, 1.807) is 35.2 Å². The third kappa shape index (κ3) is 3.09. The predicted molar refractivity (Wildman–Crippen MR) is 100 cm³/mol. The third-order valence-electron chi connectivity index (χ3n) is 4.93. The number of nitrogens with one attached hydrogen (secondary N) is 1. The minimum atomic E-state index is -1.69. The van der Waals surface area contributed by atoms with Crippen LogP contribution in [0.5, 0.6) is 5.75 Å². The number of nitrogens with zero attached hydrogens (tertiary/aromatic N) is 2. The van der Waals surface area contributed by atoms with Gasteiger partial charge in [0.25, 0.3) is 23.3 Å². The second-order valence-corrected chi connectivity index (χ2v) is 7.23. The smallest absolute Gasteiger partial charge is 0.289 e. The van der Waals surface area contributed by atoms with Gasteiger partial charge in [-0.2, -0.15) is 0 Å². The molecule has 1 fully saturated rings. The summed E-state index contributed by atoms with van der Waals surface area (Å²) in [4.78, 5) is 41.2. The second-order valence-electron chi connectivity index (χ2n) is 6.79. The summed E-state index contributed by atoms with van der Waals surface area (Å²) in [5.41, 5.74) is -1.26. The summed E-state index contributed by atoms with van der Waals surface area (Å²) in [5, 5.41) is 3.14. The number of carbonyl (C=O) groups is 3. The number of carbonyl (C=O) groups excluding carboxylic acids is 3. The number of rotatable bonds is 2. The van der Waals surface area contributed by atoms with E-state index in [1.807, 2.05) is 0 Å². The molecule has 2 aliphatic rings. The molecule has 1 unspecified atom stereocenters. The Hall–Kier alpha value is -3.00. The van der Waals surface area contributed by atoms with Crippen LogP contribution >= 0.6 is 11.6 Å². The van der Waals surface area contributed by atoms with E-state index in [0.717, 1.165) is 0 Å². The number of halogens is 1. The van der Waals surface area contributed by atoms with Crippen molar-refractivity contribution in [2.75, 3.05) is 31.5 Å². The van der Waals surface area contributed by atoms with Crippen LogP contribution in [-0.4, -0.2) is 59.3 Å². The molecule has 4 rings (SSSR count). The number of furan rings is 1. The molecule has 1 N–H and O–H groups in total. The molecule has 2 aliphatic heterocycles. The first-order valence-electron chi connectivity index (χ1n) is 8.80. The first-order chi connectivity index (χ1) is 13.4. The third-order valence-corrected chi connectivity index (χ3v) is 5.17. The molecule has 0 bridgehead atoms. The van der Waals surface area contributed by atoms with E-state index in [0.29, 0.717) is 42.6 Å².